The zero-order valence-corrected chi connectivity index (χ0v) is 22.5. The molecular formula is C28H36FN3O4S. The number of anilines is 1. The minimum Gasteiger partial charge on any atom is -0.326 e. The van der Waals surface area contributed by atoms with Crippen molar-refractivity contribution >= 4 is 27.5 Å². The van der Waals surface area contributed by atoms with Gasteiger partial charge in [0.05, 0.1) is 4.90 Å². The average molecular weight is 530 g/mol. The quantitative estimate of drug-likeness (QED) is 0.553. The van der Waals surface area contributed by atoms with Crippen LogP contribution in [0.25, 0.3) is 0 Å². The maximum atomic E-state index is 13.4. The standard InChI is InChI=1S/C28H36FN3O4S/c1-28(2,3)31-37(35,36)24-15-13-23(14-16-24)30-26(33)25-17-21(19-7-5-4-6-8-19)18-32(25)27(34)20-9-11-22(29)12-10-20/h9-16,19,21,25,31H,4-8,17-18H2,1-3H3,(H,30,33)/t21-,25+/m1/s1. The second-order valence-electron chi connectivity index (χ2n) is 11.2. The number of halogens is 1. The Morgan fingerprint density at radius 3 is 2.14 bits per heavy atom. The van der Waals surface area contributed by atoms with Gasteiger partial charge in [0, 0.05) is 23.3 Å². The second kappa shape index (κ2) is 10.9. The highest BCUT2D eigenvalue weighted by atomic mass is 32.2. The van der Waals surface area contributed by atoms with Crippen molar-refractivity contribution in [3.63, 3.8) is 0 Å². The van der Waals surface area contributed by atoms with Gasteiger partial charge < -0.3 is 10.2 Å². The molecule has 2 atom stereocenters. The van der Waals surface area contributed by atoms with E-state index in [1.165, 1.54) is 55.7 Å². The first-order valence-corrected chi connectivity index (χ1v) is 14.4. The van der Waals surface area contributed by atoms with E-state index in [-0.39, 0.29) is 22.6 Å². The van der Waals surface area contributed by atoms with Gasteiger partial charge in [-0.25, -0.2) is 17.5 Å². The average Bonchev–Trinajstić information content (AvgIpc) is 3.29. The van der Waals surface area contributed by atoms with Gasteiger partial charge in [-0.3, -0.25) is 9.59 Å². The highest BCUT2D eigenvalue weighted by Crippen LogP contribution is 2.38. The van der Waals surface area contributed by atoms with E-state index in [4.69, 9.17) is 0 Å². The second-order valence-corrected chi connectivity index (χ2v) is 12.9. The van der Waals surface area contributed by atoms with Crippen LogP contribution in [0.3, 0.4) is 0 Å². The van der Waals surface area contributed by atoms with Crippen LogP contribution in [0.15, 0.2) is 53.4 Å². The van der Waals surface area contributed by atoms with Gasteiger partial charge in [-0.15, -0.1) is 0 Å². The molecule has 0 radical (unpaired) electrons. The van der Waals surface area contributed by atoms with Gasteiger partial charge in [0.2, 0.25) is 15.9 Å². The summed E-state index contributed by atoms with van der Waals surface area (Å²) in [7, 11) is -3.69. The summed E-state index contributed by atoms with van der Waals surface area (Å²) >= 11 is 0. The van der Waals surface area contributed by atoms with Gasteiger partial charge in [-0.1, -0.05) is 32.1 Å². The van der Waals surface area contributed by atoms with Crippen molar-refractivity contribution in [2.75, 3.05) is 11.9 Å². The number of sulfonamides is 1. The minimum atomic E-state index is -3.69. The van der Waals surface area contributed by atoms with Crippen molar-refractivity contribution in [3.05, 3.63) is 59.9 Å². The largest absolute Gasteiger partial charge is 0.326 e. The van der Waals surface area contributed by atoms with Crippen LogP contribution < -0.4 is 10.0 Å². The third-order valence-corrected chi connectivity index (χ3v) is 8.95. The smallest absolute Gasteiger partial charge is 0.254 e. The van der Waals surface area contributed by atoms with E-state index >= 15 is 0 Å². The Kier molecular flexibility index (Phi) is 8.04. The molecule has 2 amide bonds. The molecule has 0 bridgehead atoms. The van der Waals surface area contributed by atoms with E-state index in [1.807, 2.05) is 0 Å². The lowest BCUT2D eigenvalue weighted by molar-refractivity contribution is -0.119. The Hall–Kier alpha value is -2.78. The number of nitrogens with zero attached hydrogens (tertiary/aromatic N) is 1. The Morgan fingerprint density at radius 2 is 1.54 bits per heavy atom. The molecule has 200 valence electrons. The van der Waals surface area contributed by atoms with Crippen molar-refractivity contribution < 1.29 is 22.4 Å². The monoisotopic (exact) mass is 529 g/mol. The first-order chi connectivity index (χ1) is 17.4. The van der Waals surface area contributed by atoms with Gasteiger partial charge in [0.15, 0.2) is 0 Å². The van der Waals surface area contributed by atoms with Crippen LogP contribution >= 0.6 is 0 Å². The Balaban J connectivity index is 1.51. The van der Waals surface area contributed by atoms with Crippen LogP contribution in [0.5, 0.6) is 0 Å². The number of carbonyl (C=O) groups excluding carboxylic acids is 2. The fourth-order valence-electron chi connectivity index (χ4n) is 5.45. The number of benzene rings is 2. The van der Waals surface area contributed by atoms with Crippen LogP contribution in [-0.2, 0) is 14.8 Å². The van der Waals surface area contributed by atoms with Crippen molar-refractivity contribution in [1.29, 1.82) is 0 Å². The zero-order chi connectivity index (χ0) is 26.8. The molecule has 1 saturated heterocycles. The number of amides is 2. The van der Waals surface area contributed by atoms with E-state index in [1.54, 1.807) is 37.8 Å². The highest BCUT2D eigenvalue weighted by molar-refractivity contribution is 7.89. The fourth-order valence-corrected chi connectivity index (χ4v) is 6.87. The van der Waals surface area contributed by atoms with Gasteiger partial charge in [-0.2, -0.15) is 0 Å². The Labute approximate surface area is 218 Å². The molecule has 1 saturated carbocycles. The topological polar surface area (TPSA) is 95.6 Å². The molecule has 4 rings (SSSR count). The van der Waals surface area contributed by atoms with Crippen LogP contribution in [0.1, 0.15) is 69.7 Å². The first kappa shape index (κ1) is 27.3. The molecule has 2 aliphatic rings. The molecule has 1 aliphatic carbocycles. The first-order valence-electron chi connectivity index (χ1n) is 12.9. The van der Waals surface area contributed by atoms with Crippen LogP contribution in [-0.4, -0.2) is 43.3 Å². The summed E-state index contributed by atoms with van der Waals surface area (Å²) in [5.41, 5.74) is 0.184. The lowest BCUT2D eigenvalue weighted by atomic mass is 9.79. The molecule has 2 fully saturated rings. The third kappa shape index (κ3) is 6.76. The van der Waals surface area contributed by atoms with Crippen molar-refractivity contribution in [1.82, 2.24) is 9.62 Å². The van der Waals surface area contributed by atoms with E-state index in [9.17, 15) is 22.4 Å². The van der Waals surface area contributed by atoms with Crippen molar-refractivity contribution in [3.8, 4) is 0 Å². The molecule has 0 spiro atoms. The van der Waals surface area contributed by atoms with E-state index in [0.29, 0.717) is 30.1 Å². The number of hydrogen-bond donors (Lipinski definition) is 2. The number of hydrogen-bond acceptors (Lipinski definition) is 4. The maximum absolute atomic E-state index is 13.4. The van der Waals surface area contributed by atoms with Crippen LogP contribution in [0.4, 0.5) is 10.1 Å². The normalized spacial score (nSPS) is 21.1. The third-order valence-electron chi connectivity index (χ3n) is 7.18. The summed E-state index contributed by atoms with van der Waals surface area (Å²) in [5, 5.41) is 2.87. The zero-order valence-electron chi connectivity index (χ0n) is 21.7. The van der Waals surface area contributed by atoms with Gasteiger partial charge in [-0.05, 0) is 87.6 Å². The summed E-state index contributed by atoms with van der Waals surface area (Å²) in [6, 6.07) is 10.7. The molecule has 7 nitrogen and oxygen atoms in total. The molecule has 9 heteroatoms. The van der Waals surface area contributed by atoms with Gasteiger partial charge in [0.25, 0.3) is 5.91 Å². The molecule has 2 N–H and O–H groups in total. The molecular weight excluding hydrogens is 493 g/mol. The fraction of sp³-hybridized carbons (Fsp3) is 0.500. The van der Waals surface area contributed by atoms with E-state index in [2.05, 4.69) is 10.0 Å². The van der Waals surface area contributed by atoms with Gasteiger partial charge >= 0.3 is 0 Å². The Morgan fingerprint density at radius 1 is 0.919 bits per heavy atom. The SMILES string of the molecule is CC(C)(C)NS(=O)(=O)c1ccc(NC(=O)[C@@H]2C[C@@H](C3CCCCC3)CN2C(=O)c2ccc(F)cc2)cc1. The number of nitrogens with one attached hydrogen (secondary N) is 2. The summed E-state index contributed by atoms with van der Waals surface area (Å²) in [5.74, 6) is -0.299. The number of likely N-dealkylation sites (tertiary alicyclic amines) is 1. The van der Waals surface area contributed by atoms with E-state index in [0.717, 1.165) is 12.8 Å². The summed E-state index contributed by atoms with van der Waals surface area (Å²) in [4.78, 5) is 28.5. The lowest BCUT2D eigenvalue weighted by Crippen LogP contribution is -2.43. The molecule has 0 aromatic heterocycles. The number of rotatable bonds is 6. The van der Waals surface area contributed by atoms with Crippen molar-refractivity contribution in [2.45, 2.75) is 75.8 Å². The molecule has 1 heterocycles. The lowest BCUT2D eigenvalue weighted by Gasteiger charge is -2.27. The molecule has 2 aromatic carbocycles. The summed E-state index contributed by atoms with van der Waals surface area (Å²) in [6.45, 7) is 5.79. The Bertz CT molecular complexity index is 1220. The van der Waals surface area contributed by atoms with Crippen LogP contribution in [0.2, 0.25) is 0 Å². The maximum Gasteiger partial charge on any atom is 0.254 e. The summed E-state index contributed by atoms with van der Waals surface area (Å²) in [6.07, 6.45) is 6.35. The van der Waals surface area contributed by atoms with Crippen molar-refractivity contribution in [2.24, 2.45) is 11.8 Å². The minimum absolute atomic E-state index is 0.103. The van der Waals surface area contributed by atoms with E-state index < -0.39 is 27.4 Å². The predicted molar refractivity (Wildman–Crippen MR) is 141 cm³/mol. The molecule has 0 unspecified atom stereocenters. The number of carbonyl (C=O) groups is 2. The van der Waals surface area contributed by atoms with Crippen LogP contribution in [0, 0.1) is 17.7 Å². The molecule has 1 aliphatic heterocycles. The molecule has 37 heavy (non-hydrogen) atoms. The molecule has 2 aromatic rings. The highest BCUT2D eigenvalue weighted by Gasteiger charge is 2.42. The van der Waals surface area contributed by atoms with Gasteiger partial charge in [0.1, 0.15) is 11.9 Å². The summed E-state index contributed by atoms with van der Waals surface area (Å²) < 4.78 is 41.2. The predicted octanol–water partition coefficient (Wildman–Crippen LogP) is 4.95.